The quantitative estimate of drug-likeness (QED) is 0.577. The standard InChI is InChI=1S/C13H19FN2O2/c1-2-5-18-6-3-4-16-13(17)10-7-11(14)9-12(15)8-10/h7-9H,2-6,15H2,1H3,(H,16,17). The lowest BCUT2D eigenvalue weighted by atomic mass is 10.2. The summed E-state index contributed by atoms with van der Waals surface area (Å²) in [4.78, 5) is 11.7. The van der Waals surface area contributed by atoms with Gasteiger partial charge in [0.25, 0.3) is 5.91 Å². The summed E-state index contributed by atoms with van der Waals surface area (Å²) in [5.74, 6) is -0.830. The Morgan fingerprint density at radius 1 is 1.39 bits per heavy atom. The van der Waals surface area contributed by atoms with Crippen LogP contribution in [-0.2, 0) is 4.74 Å². The summed E-state index contributed by atoms with van der Waals surface area (Å²) < 4.78 is 18.3. The highest BCUT2D eigenvalue weighted by Gasteiger charge is 2.07. The molecule has 0 atom stereocenters. The molecule has 1 rings (SSSR count). The minimum atomic E-state index is -0.508. The second kappa shape index (κ2) is 7.66. The average Bonchev–Trinajstić information content (AvgIpc) is 2.32. The van der Waals surface area contributed by atoms with E-state index in [2.05, 4.69) is 5.32 Å². The number of halogens is 1. The second-order valence-electron chi connectivity index (χ2n) is 4.00. The molecular weight excluding hydrogens is 235 g/mol. The van der Waals surface area contributed by atoms with Crippen LogP contribution in [0.2, 0.25) is 0 Å². The third-order valence-corrected chi connectivity index (χ3v) is 2.28. The molecule has 0 aliphatic carbocycles. The smallest absolute Gasteiger partial charge is 0.251 e. The number of benzene rings is 1. The molecule has 18 heavy (non-hydrogen) atoms. The Labute approximate surface area is 106 Å². The van der Waals surface area contributed by atoms with Gasteiger partial charge in [0.1, 0.15) is 5.82 Å². The highest BCUT2D eigenvalue weighted by Crippen LogP contribution is 2.10. The SMILES string of the molecule is CCCOCCCNC(=O)c1cc(N)cc(F)c1. The zero-order valence-electron chi connectivity index (χ0n) is 10.5. The summed E-state index contributed by atoms with van der Waals surface area (Å²) in [7, 11) is 0. The number of anilines is 1. The number of rotatable bonds is 7. The Morgan fingerprint density at radius 3 is 2.83 bits per heavy atom. The molecule has 3 N–H and O–H groups in total. The van der Waals surface area contributed by atoms with Crippen molar-refractivity contribution in [3.8, 4) is 0 Å². The monoisotopic (exact) mass is 254 g/mol. The van der Waals surface area contributed by atoms with Gasteiger partial charge < -0.3 is 15.8 Å². The van der Waals surface area contributed by atoms with Crippen LogP contribution in [-0.4, -0.2) is 25.7 Å². The highest BCUT2D eigenvalue weighted by atomic mass is 19.1. The van der Waals surface area contributed by atoms with Gasteiger partial charge in [-0.05, 0) is 31.0 Å². The Bertz CT molecular complexity index is 376. The minimum absolute atomic E-state index is 0.238. The molecule has 0 radical (unpaired) electrons. The molecule has 0 saturated carbocycles. The number of amides is 1. The fraction of sp³-hybridized carbons (Fsp3) is 0.462. The predicted molar refractivity (Wildman–Crippen MR) is 68.9 cm³/mol. The molecule has 0 aromatic heterocycles. The Hall–Kier alpha value is -1.62. The van der Waals surface area contributed by atoms with Crippen LogP contribution >= 0.6 is 0 Å². The van der Waals surface area contributed by atoms with Crippen LogP contribution in [0.5, 0.6) is 0 Å². The molecule has 0 heterocycles. The lowest BCUT2D eigenvalue weighted by molar-refractivity contribution is 0.0941. The van der Waals surface area contributed by atoms with E-state index < -0.39 is 5.82 Å². The number of hydrogen-bond acceptors (Lipinski definition) is 3. The molecule has 0 unspecified atom stereocenters. The second-order valence-corrected chi connectivity index (χ2v) is 4.00. The van der Waals surface area contributed by atoms with Gasteiger partial charge in [-0.2, -0.15) is 0 Å². The van der Waals surface area contributed by atoms with Crippen LogP contribution in [0.1, 0.15) is 30.1 Å². The number of carbonyl (C=O) groups is 1. The molecule has 4 nitrogen and oxygen atoms in total. The molecular formula is C13H19FN2O2. The normalized spacial score (nSPS) is 10.3. The van der Waals surface area contributed by atoms with E-state index in [9.17, 15) is 9.18 Å². The average molecular weight is 254 g/mol. The van der Waals surface area contributed by atoms with Crippen molar-refractivity contribution in [2.24, 2.45) is 0 Å². The van der Waals surface area contributed by atoms with Crippen molar-refractivity contribution in [3.63, 3.8) is 0 Å². The van der Waals surface area contributed by atoms with Gasteiger partial charge in [0.15, 0.2) is 0 Å². The van der Waals surface area contributed by atoms with Gasteiger partial charge in [-0.25, -0.2) is 4.39 Å². The summed E-state index contributed by atoms with van der Waals surface area (Å²) in [6, 6.07) is 3.79. The van der Waals surface area contributed by atoms with Crippen LogP contribution in [0.4, 0.5) is 10.1 Å². The van der Waals surface area contributed by atoms with Gasteiger partial charge in [-0.15, -0.1) is 0 Å². The van der Waals surface area contributed by atoms with Gasteiger partial charge >= 0.3 is 0 Å². The van der Waals surface area contributed by atoms with Crippen LogP contribution in [0.3, 0.4) is 0 Å². The fourth-order valence-electron chi connectivity index (χ4n) is 1.47. The van der Waals surface area contributed by atoms with Gasteiger partial charge in [0.05, 0.1) is 0 Å². The third-order valence-electron chi connectivity index (χ3n) is 2.28. The van der Waals surface area contributed by atoms with Crippen LogP contribution < -0.4 is 11.1 Å². The summed E-state index contributed by atoms with van der Waals surface area (Å²) in [6.45, 7) is 3.88. The largest absolute Gasteiger partial charge is 0.399 e. The van der Waals surface area contributed by atoms with Crippen molar-refractivity contribution < 1.29 is 13.9 Å². The highest BCUT2D eigenvalue weighted by molar-refractivity contribution is 5.95. The van der Waals surface area contributed by atoms with Crippen molar-refractivity contribution in [3.05, 3.63) is 29.6 Å². The first kappa shape index (κ1) is 14.4. The van der Waals surface area contributed by atoms with Crippen molar-refractivity contribution in [1.29, 1.82) is 0 Å². The molecule has 0 aliphatic heterocycles. The summed E-state index contributed by atoms with van der Waals surface area (Å²) in [5, 5.41) is 2.69. The maximum atomic E-state index is 13.0. The first-order valence-electron chi connectivity index (χ1n) is 6.05. The molecule has 0 bridgehead atoms. The van der Waals surface area contributed by atoms with E-state index in [1.54, 1.807) is 0 Å². The Morgan fingerprint density at radius 2 is 2.17 bits per heavy atom. The maximum Gasteiger partial charge on any atom is 0.251 e. The number of hydrogen-bond donors (Lipinski definition) is 2. The van der Waals surface area contributed by atoms with E-state index >= 15 is 0 Å². The van der Waals surface area contributed by atoms with Crippen molar-refractivity contribution in [2.45, 2.75) is 19.8 Å². The van der Waals surface area contributed by atoms with E-state index in [1.165, 1.54) is 18.2 Å². The van der Waals surface area contributed by atoms with Crippen LogP contribution in [0.15, 0.2) is 18.2 Å². The zero-order chi connectivity index (χ0) is 13.4. The van der Waals surface area contributed by atoms with Crippen molar-refractivity contribution in [2.75, 3.05) is 25.5 Å². The van der Waals surface area contributed by atoms with E-state index in [1.807, 2.05) is 6.92 Å². The number of nitrogen functional groups attached to an aromatic ring is 1. The topological polar surface area (TPSA) is 64.3 Å². The van der Waals surface area contributed by atoms with Gasteiger partial charge in [0, 0.05) is 31.0 Å². The van der Waals surface area contributed by atoms with E-state index in [4.69, 9.17) is 10.5 Å². The minimum Gasteiger partial charge on any atom is -0.399 e. The molecule has 100 valence electrons. The zero-order valence-corrected chi connectivity index (χ0v) is 10.5. The Balaban J connectivity index is 2.32. The lowest BCUT2D eigenvalue weighted by Crippen LogP contribution is -2.25. The van der Waals surface area contributed by atoms with Gasteiger partial charge in [-0.1, -0.05) is 6.92 Å². The molecule has 5 heteroatoms. The van der Waals surface area contributed by atoms with Crippen LogP contribution in [0.25, 0.3) is 0 Å². The molecule has 0 spiro atoms. The Kier molecular flexibility index (Phi) is 6.14. The van der Waals surface area contributed by atoms with E-state index in [0.29, 0.717) is 13.2 Å². The number of nitrogens with two attached hydrogens (primary N) is 1. The van der Waals surface area contributed by atoms with E-state index in [0.717, 1.165) is 19.4 Å². The van der Waals surface area contributed by atoms with Gasteiger partial charge in [0.2, 0.25) is 0 Å². The summed E-state index contributed by atoms with van der Waals surface area (Å²) >= 11 is 0. The molecule has 1 amide bonds. The van der Waals surface area contributed by atoms with Gasteiger partial charge in [-0.3, -0.25) is 4.79 Å². The first-order valence-corrected chi connectivity index (χ1v) is 6.05. The number of ether oxygens (including phenoxy) is 1. The molecule has 0 fully saturated rings. The predicted octanol–water partition coefficient (Wildman–Crippen LogP) is 1.95. The molecule has 0 aliphatic rings. The molecule has 0 saturated heterocycles. The number of nitrogens with one attached hydrogen (secondary N) is 1. The van der Waals surface area contributed by atoms with E-state index in [-0.39, 0.29) is 17.2 Å². The van der Waals surface area contributed by atoms with Crippen LogP contribution in [0, 0.1) is 5.82 Å². The fourth-order valence-corrected chi connectivity index (χ4v) is 1.47. The van der Waals surface area contributed by atoms with Crippen molar-refractivity contribution >= 4 is 11.6 Å². The van der Waals surface area contributed by atoms with Crippen molar-refractivity contribution in [1.82, 2.24) is 5.32 Å². The lowest BCUT2D eigenvalue weighted by Gasteiger charge is -2.06. The molecule has 1 aromatic rings. The summed E-state index contributed by atoms with van der Waals surface area (Å²) in [6.07, 6.45) is 1.71. The summed E-state index contributed by atoms with van der Waals surface area (Å²) in [5.41, 5.74) is 5.95. The third kappa shape index (κ3) is 5.14. The first-order chi connectivity index (χ1) is 8.63. The molecule has 1 aromatic carbocycles. The number of carbonyl (C=O) groups excluding carboxylic acids is 1. The maximum absolute atomic E-state index is 13.0.